The molecule has 1 aliphatic heterocycles. The zero-order chi connectivity index (χ0) is 15.0. The topological polar surface area (TPSA) is 90.9 Å². The Labute approximate surface area is 132 Å². The number of anilines is 1. The minimum atomic E-state index is -2.75. The summed E-state index contributed by atoms with van der Waals surface area (Å²) in [6.45, 7) is -2.15. The van der Waals surface area contributed by atoms with Crippen molar-refractivity contribution in [3.63, 3.8) is 0 Å². The van der Waals surface area contributed by atoms with E-state index in [2.05, 4.69) is 47.7 Å². The molecule has 0 aromatic carbocycles. The number of nitrogens with one attached hydrogen (secondary N) is 1. The summed E-state index contributed by atoms with van der Waals surface area (Å²) in [5.74, 6) is 0.388. The summed E-state index contributed by atoms with van der Waals surface area (Å²) in [5, 5.41) is 8.33. The van der Waals surface area contributed by atoms with Crippen LogP contribution in [0.1, 0.15) is 12.5 Å². The Morgan fingerprint density at radius 3 is 3.10 bits per heavy atom. The molecule has 0 spiro atoms. The van der Waals surface area contributed by atoms with Crippen LogP contribution in [0.25, 0.3) is 11.0 Å². The first kappa shape index (κ1) is 14.8. The van der Waals surface area contributed by atoms with E-state index in [0.29, 0.717) is 24.4 Å². The second kappa shape index (κ2) is 5.93. The van der Waals surface area contributed by atoms with Crippen LogP contribution in [-0.4, -0.2) is 45.6 Å². The highest BCUT2D eigenvalue weighted by Crippen LogP contribution is 2.28. The van der Waals surface area contributed by atoms with Crippen molar-refractivity contribution in [3.8, 4) is 0 Å². The van der Waals surface area contributed by atoms with Gasteiger partial charge in [0.1, 0.15) is 15.8 Å². The lowest BCUT2D eigenvalue weighted by molar-refractivity contribution is -0.133. The van der Waals surface area contributed by atoms with Gasteiger partial charge < -0.3 is 15.8 Å². The Hall–Kier alpha value is -1.14. The van der Waals surface area contributed by atoms with Gasteiger partial charge in [0.05, 0.1) is 18.0 Å². The lowest BCUT2D eigenvalue weighted by atomic mass is 10.2. The lowest BCUT2D eigenvalue weighted by Gasteiger charge is -2.11. The summed E-state index contributed by atoms with van der Waals surface area (Å²) in [5.41, 5.74) is 6.51. The third kappa shape index (κ3) is 2.92. The van der Waals surface area contributed by atoms with Crippen molar-refractivity contribution in [1.29, 1.82) is 0 Å². The Morgan fingerprint density at radius 2 is 2.33 bits per heavy atom. The minimum Gasteiger partial charge on any atom is -0.383 e. The molecule has 0 aliphatic carbocycles. The average molecular weight is 410 g/mol. The molecular formula is C11H13F2IN6O. The van der Waals surface area contributed by atoms with Gasteiger partial charge in [-0.25, -0.2) is 14.6 Å². The van der Waals surface area contributed by atoms with E-state index in [1.54, 1.807) is 4.68 Å². The van der Waals surface area contributed by atoms with E-state index in [-0.39, 0.29) is 18.7 Å². The van der Waals surface area contributed by atoms with Gasteiger partial charge in [-0.15, -0.1) is 0 Å². The number of fused-ring (bicyclic) bond motifs is 1. The number of halogens is 3. The number of nitrogen functional groups attached to an aromatic ring is 1. The highest BCUT2D eigenvalue weighted by Gasteiger charge is 2.29. The molecule has 0 bridgehead atoms. The molecule has 2 aromatic rings. The van der Waals surface area contributed by atoms with Gasteiger partial charge in [-0.3, -0.25) is 0 Å². The fourth-order valence-electron chi connectivity index (χ4n) is 2.51. The van der Waals surface area contributed by atoms with Crippen LogP contribution < -0.4 is 11.1 Å². The molecule has 2 aromatic heterocycles. The van der Waals surface area contributed by atoms with E-state index in [1.807, 2.05) is 0 Å². The molecule has 0 unspecified atom stereocenters. The lowest BCUT2D eigenvalue weighted by Crippen LogP contribution is -2.27. The molecule has 0 saturated carbocycles. The fraction of sp³-hybridized carbons (Fsp3) is 0.545. The van der Waals surface area contributed by atoms with E-state index in [0.717, 1.165) is 9.09 Å². The number of hydrogen-bond donors (Lipinski definition) is 2. The molecular weight excluding hydrogens is 397 g/mol. The van der Waals surface area contributed by atoms with Crippen LogP contribution in [0.5, 0.6) is 0 Å². The van der Waals surface area contributed by atoms with Gasteiger partial charge in [-0.05, 0) is 29.0 Å². The molecule has 2 atom stereocenters. The van der Waals surface area contributed by atoms with E-state index in [4.69, 9.17) is 5.73 Å². The van der Waals surface area contributed by atoms with Crippen LogP contribution in [-0.2, 0) is 4.74 Å². The van der Waals surface area contributed by atoms with Gasteiger partial charge >= 0.3 is 6.61 Å². The second-order valence-electron chi connectivity index (χ2n) is 4.78. The number of nitrogens with zero attached hydrogens (tertiary/aromatic N) is 4. The highest BCUT2D eigenvalue weighted by atomic mass is 127. The molecule has 1 fully saturated rings. The molecule has 10 heteroatoms. The quantitative estimate of drug-likeness (QED) is 0.736. The molecule has 3 rings (SSSR count). The van der Waals surface area contributed by atoms with E-state index < -0.39 is 6.61 Å². The monoisotopic (exact) mass is 410 g/mol. The van der Waals surface area contributed by atoms with Crippen LogP contribution in [0.3, 0.4) is 0 Å². The number of ether oxygens (including phenoxy) is 1. The first-order valence-corrected chi connectivity index (χ1v) is 7.41. The van der Waals surface area contributed by atoms with Crippen molar-refractivity contribution in [2.75, 3.05) is 18.9 Å². The third-order valence-electron chi connectivity index (χ3n) is 3.44. The number of hydrogen-bond acceptors (Lipinski definition) is 6. The molecule has 3 heterocycles. The predicted octanol–water partition coefficient (Wildman–Crippen LogP) is 1.16. The van der Waals surface area contributed by atoms with Gasteiger partial charge in [-0.2, -0.15) is 13.9 Å². The molecule has 0 amide bonds. The van der Waals surface area contributed by atoms with Gasteiger partial charge in [0, 0.05) is 12.6 Å². The normalized spacial score (nSPS) is 22.5. The molecule has 7 nitrogen and oxygen atoms in total. The van der Waals surface area contributed by atoms with Crippen molar-refractivity contribution < 1.29 is 13.5 Å². The van der Waals surface area contributed by atoms with E-state index in [9.17, 15) is 8.78 Å². The summed E-state index contributed by atoms with van der Waals surface area (Å²) in [6.07, 6.45) is 2.04. The Morgan fingerprint density at radius 1 is 1.52 bits per heavy atom. The number of alkyl halides is 2. The molecule has 21 heavy (non-hydrogen) atoms. The number of aromatic nitrogens is 4. The smallest absolute Gasteiger partial charge is 0.345 e. The first-order valence-electron chi connectivity index (χ1n) is 6.33. The Kier molecular flexibility index (Phi) is 4.17. The van der Waals surface area contributed by atoms with Crippen LogP contribution in [0.4, 0.5) is 14.6 Å². The Balaban J connectivity index is 1.81. The maximum absolute atomic E-state index is 12.1. The standard InChI is InChI=1S/C11H13F2IN6O/c12-11(13)21-3-5-1-6(2-16-5)20-10-7(8(14)19-20)9(15)17-4-18-10/h4-6,11,16H,1-3H2,(H2,15,17,18)/t5-,6+/m1/s1. The third-order valence-corrected chi connectivity index (χ3v) is 4.20. The van der Waals surface area contributed by atoms with Crippen molar-refractivity contribution in [1.82, 2.24) is 25.1 Å². The van der Waals surface area contributed by atoms with Gasteiger partial charge in [0.25, 0.3) is 0 Å². The van der Waals surface area contributed by atoms with Crippen molar-refractivity contribution in [2.24, 2.45) is 0 Å². The predicted molar refractivity (Wildman–Crippen MR) is 79.9 cm³/mol. The van der Waals surface area contributed by atoms with Crippen molar-refractivity contribution in [3.05, 3.63) is 10.0 Å². The van der Waals surface area contributed by atoms with Gasteiger partial charge in [0.2, 0.25) is 0 Å². The van der Waals surface area contributed by atoms with Crippen LogP contribution in [0.2, 0.25) is 0 Å². The van der Waals surface area contributed by atoms with Crippen molar-refractivity contribution in [2.45, 2.75) is 25.1 Å². The fourth-order valence-corrected chi connectivity index (χ4v) is 3.26. The van der Waals surface area contributed by atoms with Crippen LogP contribution in [0, 0.1) is 3.70 Å². The highest BCUT2D eigenvalue weighted by molar-refractivity contribution is 14.1. The minimum absolute atomic E-state index is 0.0246. The molecule has 114 valence electrons. The van der Waals surface area contributed by atoms with E-state index >= 15 is 0 Å². The largest absolute Gasteiger partial charge is 0.383 e. The first-order chi connectivity index (χ1) is 10.1. The zero-order valence-corrected chi connectivity index (χ0v) is 13.0. The summed E-state index contributed by atoms with van der Waals surface area (Å²) < 4.78 is 31.0. The zero-order valence-electron chi connectivity index (χ0n) is 10.8. The van der Waals surface area contributed by atoms with E-state index in [1.165, 1.54) is 6.33 Å². The molecule has 0 radical (unpaired) electrons. The van der Waals surface area contributed by atoms with Crippen molar-refractivity contribution >= 4 is 39.4 Å². The average Bonchev–Trinajstić information content (AvgIpc) is 3.02. The molecule has 3 N–H and O–H groups in total. The van der Waals surface area contributed by atoms with Gasteiger partial charge in [-0.1, -0.05) is 0 Å². The second-order valence-corrected chi connectivity index (χ2v) is 5.80. The molecule has 1 saturated heterocycles. The summed E-state index contributed by atoms with van der Waals surface area (Å²) in [6, 6.07) is -0.100. The van der Waals surface area contributed by atoms with Gasteiger partial charge in [0.15, 0.2) is 5.65 Å². The summed E-state index contributed by atoms with van der Waals surface area (Å²) in [7, 11) is 0. The van der Waals surface area contributed by atoms with Crippen LogP contribution >= 0.6 is 22.6 Å². The molecule has 1 aliphatic rings. The Bertz CT molecular complexity index is 651. The maximum atomic E-state index is 12.1. The maximum Gasteiger partial charge on any atom is 0.345 e. The number of rotatable bonds is 4. The number of nitrogens with two attached hydrogens (primary N) is 1. The summed E-state index contributed by atoms with van der Waals surface area (Å²) in [4.78, 5) is 8.19. The SMILES string of the molecule is Nc1ncnc2c1c(I)nn2[C@@H]1CN[C@@H](COC(F)F)C1. The van der Waals surface area contributed by atoms with Crippen LogP contribution in [0.15, 0.2) is 6.33 Å². The summed E-state index contributed by atoms with van der Waals surface area (Å²) >= 11 is 2.09.